The van der Waals surface area contributed by atoms with Crippen LogP contribution in [0.15, 0.2) is 16.6 Å². The van der Waals surface area contributed by atoms with Crippen molar-refractivity contribution in [3.63, 3.8) is 0 Å². The molecule has 1 N–H and O–H groups in total. The lowest BCUT2D eigenvalue weighted by molar-refractivity contribution is 0.471. The molecule has 0 bridgehead atoms. The minimum atomic E-state index is 0.288. The summed E-state index contributed by atoms with van der Waals surface area (Å²) in [5, 5.41) is 10.5. The monoisotopic (exact) mass is 275 g/mol. The van der Waals surface area contributed by atoms with E-state index < -0.39 is 0 Å². The number of phenolic OH excluding ortho intramolecular Hbond substituents is 1. The molecule has 0 saturated carbocycles. The molecule has 1 aromatic carbocycles. The first-order chi connectivity index (χ1) is 6.68. The van der Waals surface area contributed by atoms with Gasteiger partial charge in [-0.05, 0) is 40.9 Å². The number of hydrogen-bond acceptors (Lipinski definition) is 2. The van der Waals surface area contributed by atoms with E-state index in [1.54, 1.807) is 6.07 Å². The number of aromatic hydroxyl groups is 1. The Kier molecular flexibility index (Phi) is 2.88. The van der Waals surface area contributed by atoms with E-state index in [4.69, 9.17) is 11.6 Å². The highest BCUT2D eigenvalue weighted by Gasteiger charge is 2.17. The molecule has 0 aliphatic carbocycles. The maximum atomic E-state index is 9.84. The molecule has 0 radical (unpaired) electrons. The molecule has 76 valence electrons. The van der Waals surface area contributed by atoms with E-state index in [0.717, 1.165) is 18.8 Å². The van der Waals surface area contributed by atoms with Gasteiger partial charge < -0.3 is 10.0 Å². The summed E-state index contributed by atoms with van der Waals surface area (Å²) in [4.78, 5) is 2.16. The van der Waals surface area contributed by atoms with Gasteiger partial charge in [0, 0.05) is 18.1 Å². The van der Waals surface area contributed by atoms with Gasteiger partial charge in [-0.15, -0.1) is 0 Å². The van der Waals surface area contributed by atoms with Crippen LogP contribution in [0.4, 0.5) is 5.69 Å². The summed E-state index contributed by atoms with van der Waals surface area (Å²) in [6.07, 6.45) is 2.37. The standard InChI is InChI=1S/C10H11BrClNO/c11-8-5-7(12)6-9(10(8)14)13-3-1-2-4-13/h5-6,14H,1-4H2. The van der Waals surface area contributed by atoms with Gasteiger partial charge in [-0.25, -0.2) is 0 Å². The summed E-state index contributed by atoms with van der Waals surface area (Å²) in [5.41, 5.74) is 0.835. The molecule has 1 saturated heterocycles. The van der Waals surface area contributed by atoms with Crippen molar-refractivity contribution in [1.82, 2.24) is 0 Å². The first-order valence-corrected chi connectivity index (χ1v) is 5.78. The molecule has 1 aromatic rings. The normalized spacial score (nSPS) is 16.3. The van der Waals surface area contributed by atoms with Crippen LogP contribution in [-0.4, -0.2) is 18.2 Å². The average molecular weight is 277 g/mol. The molecule has 0 amide bonds. The van der Waals surface area contributed by atoms with Crippen LogP contribution < -0.4 is 4.90 Å². The predicted octanol–water partition coefficient (Wildman–Crippen LogP) is 3.41. The van der Waals surface area contributed by atoms with E-state index in [1.807, 2.05) is 6.07 Å². The van der Waals surface area contributed by atoms with Crippen molar-refractivity contribution in [2.75, 3.05) is 18.0 Å². The fourth-order valence-electron chi connectivity index (χ4n) is 1.75. The fraction of sp³-hybridized carbons (Fsp3) is 0.400. The molecule has 0 aromatic heterocycles. The Balaban J connectivity index is 2.40. The molecule has 14 heavy (non-hydrogen) atoms. The van der Waals surface area contributed by atoms with Crippen molar-refractivity contribution in [3.05, 3.63) is 21.6 Å². The summed E-state index contributed by atoms with van der Waals surface area (Å²) in [6.45, 7) is 2.00. The van der Waals surface area contributed by atoms with Gasteiger partial charge in [0.15, 0.2) is 5.75 Å². The second-order valence-electron chi connectivity index (χ2n) is 3.45. The molecule has 2 nitrogen and oxygen atoms in total. The van der Waals surface area contributed by atoms with Crippen molar-refractivity contribution < 1.29 is 5.11 Å². The molecule has 4 heteroatoms. The Hall–Kier alpha value is -0.410. The summed E-state index contributed by atoms with van der Waals surface area (Å²) < 4.78 is 0.659. The average Bonchev–Trinajstić information content (AvgIpc) is 2.63. The molecule has 1 fully saturated rings. The second kappa shape index (κ2) is 3.99. The third-order valence-electron chi connectivity index (χ3n) is 2.45. The fourth-order valence-corrected chi connectivity index (χ4v) is 2.55. The van der Waals surface area contributed by atoms with Crippen molar-refractivity contribution in [2.45, 2.75) is 12.8 Å². The number of rotatable bonds is 1. The Morgan fingerprint density at radius 1 is 1.29 bits per heavy atom. The van der Waals surface area contributed by atoms with E-state index in [1.165, 1.54) is 12.8 Å². The molecule has 1 aliphatic rings. The van der Waals surface area contributed by atoms with Gasteiger partial charge in [-0.1, -0.05) is 11.6 Å². The summed E-state index contributed by atoms with van der Waals surface area (Å²) in [5.74, 6) is 0.288. The minimum absolute atomic E-state index is 0.288. The maximum Gasteiger partial charge on any atom is 0.153 e. The van der Waals surface area contributed by atoms with E-state index in [0.29, 0.717) is 9.50 Å². The molecule has 0 unspecified atom stereocenters. The predicted molar refractivity (Wildman–Crippen MR) is 62.3 cm³/mol. The lowest BCUT2D eigenvalue weighted by Crippen LogP contribution is -2.17. The molecule has 0 spiro atoms. The van der Waals surface area contributed by atoms with Crippen LogP contribution in [0.2, 0.25) is 5.02 Å². The Morgan fingerprint density at radius 3 is 2.57 bits per heavy atom. The van der Waals surface area contributed by atoms with Crippen LogP contribution in [-0.2, 0) is 0 Å². The Morgan fingerprint density at radius 2 is 1.93 bits per heavy atom. The largest absolute Gasteiger partial charge is 0.505 e. The van der Waals surface area contributed by atoms with Crippen LogP contribution in [0, 0.1) is 0 Å². The van der Waals surface area contributed by atoms with Crippen molar-refractivity contribution in [2.24, 2.45) is 0 Å². The zero-order valence-electron chi connectivity index (χ0n) is 7.63. The topological polar surface area (TPSA) is 23.5 Å². The highest BCUT2D eigenvalue weighted by atomic mass is 79.9. The van der Waals surface area contributed by atoms with Crippen LogP contribution in [0.3, 0.4) is 0 Å². The van der Waals surface area contributed by atoms with E-state index in [9.17, 15) is 5.11 Å². The van der Waals surface area contributed by atoms with E-state index >= 15 is 0 Å². The number of halogens is 2. The van der Waals surface area contributed by atoms with Crippen molar-refractivity contribution in [3.8, 4) is 5.75 Å². The first kappa shape index (κ1) is 10.1. The van der Waals surface area contributed by atoms with Gasteiger partial charge in [0.25, 0.3) is 0 Å². The lowest BCUT2D eigenvalue weighted by atomic mass is 10.2. The van der Waals surface area contributed by atoms with Gasteiger partial charge in [-0.2, -0.15) is 0 Å². The lowest BCUT2D eigenvalue weighted by Gasteiger charge is -2.19. The molecule has 2 rings (SSSR count). The van der Waals surface area contributed by atoms with E-state index in [-0.39, 0.29) is 5.75 Å². The van der Waals surface area contributed by atoms with Crippen molar-refractivity contribution >= 4 is 33.2 Å². The number of phenols is 1. The molecular formula is C10H11BrClNO. The smallest absolute Gasteiger partial charge is 0.153 e. The van der Waals surface area contributed by atoms with Crippen LogP contribution in [0.25, 0.3) is 0 Å². The quantitative estimate of drug-likeness (QED) is 0.850. The van der Waals surface area contributed by atoms with Gasteiger partial charge >= 0.3 is 0 Å². The highest BCUT2D eigenvalue weighted by Crippen LogP contribution is 2.38. The number of nitrogens with zero attached hydrogens (tertiary/aromatic N) is 1. The molecule has 1 heterocycles. The van der Waals surface area contributed by atoms with Gasteiger partial charge in [0.1, 0.15) is 0 Å². The van der Waals surface area contributed by atoms with Gasteiger partial charge in [-0.3, -0.25) is 0 Å². The van der Waals surface area contributed by atoms with Gasteiger partial charge in [0.05, 0.1) is 10.2 Å². The first-order valence-electron chi connectivity index (χ1n) is 4.61. The van der Waals surface area contributed by atoms with Crippen molar-refractivity contribution in [1.29, 1.82) is 0 Å². The second-order valence-corrected chi connectivity index (χ2v) is 4.74. The zero-order valence-corrected chi connectivity index (χ0v) is 9.98. The van der Waals surface area contributed by atoms with Crippen LogP contribution in [0.1, 0.15) is 12.8 Å². The molecule has 0 atom stereocenters. The summed E-state index contributed by atoms with van der Waals surface area (Å²) in [6, 6.07) is 3.52. The summed E-state index contributed by atoms with van der Waals surface area (Å²) >= 11 is 9.22. The number of hydrogen-bond donors (Lipinski definition) is 1. The third-order valence-corrected chi connectivity index (χ3v) is 3.28. The highest BCUT2D eigenvalue weighted by molar-refractivity contribution is 9.10. The molecule has 1 aliphatic heterocycles. The Bertz CT molecular complexity index is 350. The van der Waals surface area contributed by atoms with E-state index in [2.05, 4.69) is 20.8 Å². The van der Waals surface area contributed by atoms with Crippen LogP contribution >= 0.6 is 27.5 Å². The number of anilines is 1. The van der Waals surface area contributed by atoms with Gasteiger partial charge in [0.2, 0.25) is 0 Å². The number of benzene rings is 1. The molecular weight excluding hydrogens is 265 g/mol. The minimum Gasteiger partial charge on any atom is -0.505 e. The van der Waals surface area contributed by atoms with Crippen LogP contribution in [0.5, 0.6) is 5.75 Å². The SMILES string of the molecule is Oc1c(Br)cc(Cl)cc1N1CCCC1. The zero-order chi connectivity index (χ0) is 10.1. The third kappa shape index (κ3) is 1.84. The Labute approximate surface area is 96.6 Å². The summed E-state index contributed by atoms with van der Waals surface area (Å²) in [7, 11) is 0. The maximum absolute atomic E-state index is 9.84.